The summed E-state index contributed by atoms with van der Waals surface area (Å²) in [7, 11) is 0. The molecule has 0 radical (unpaired) electrons. The first-order valence-electron chi connectivity index (χ1n) is 12.8. The van der Waals surface area contributed by atoms with Crippen LogP contribution in [0, 0.1) is 11.6 Å². The normalized spacial score (nSPS) is 17.1. The minimum Gasteiger partial charge on any atom is -0.444 e. The van der Waals surface area contributed by atoms with Crippen molar-refractivity contribution in [3.63, 3.8) is 0 Å². The molecule has 11 nitrogen and oxygen atoms in total. The number of aromatic nitrogens is 5. The molecule has 16 heteroatoms. The standard InChI is InChI=1S/C26H26F5N7O4/c1-26(2,3)42-25(40)34-14-11-36(4-5-41-12-14)24(39)17-7-18-15(8-32-17)20(35-38(18)22(31)21(29)30)19-9-33-23-16(28)6-13(27)10-37(19)23/h6-10,14,21-22H,4-5,11-12H2,1-3H3,(H,34,40). The van der Waals surface area contributed by atoms with Crippen LogP contribution >= 0.6 is 0 Å². The number of imidazole rings is 1. The molecule has 1 aliphatic heterocycles. The molecule has 0 aromatic carbocycles. The molecule has 0 saturated carbocycles. The van der Waals surface area contributed by atoms with Gasteiger partial charge in [0.2, 0.25) is 0 Å². The summed E-state index contributed by atoms with van der Waals surface area (Å²) in [5.74, 6) is -2.56. The minimum absolute atomic E-state index is 0.0179. The summed E-state index contributed by atoms with van der Waals surface area (Å²) in [5, 5.41) is 6.66. The van der Waals surface area contributed by atoms with Crippen LogP contribution in [0.1, 0.15) is 37.6 Å². The summed E-state index contributed by atoms with van der Waals surface area (Å²) in [6.45, 7) is 5.48. The maximum Gasteiger partial charge on any atom is 0.408 e. The predicted octanol–water partition coefficient (Wildman–Crippen LogP) is 4.12. The van der Waals surface area contributed by atoms with Gasteiger partial charge in [-0.3, -0.25) is 14.2 Å². The number of ether oxygens (including phenoxy) is 2. The molecule has 0 spiro atoms. The molecule has 0 aliphatic carbocycles. The quantitative estimate of drug-likeness (QED) is 0.345. The number of hydrogen-bond acceptors (Lipinski definition) is 7. The highest BCUT2D eigenvalue weighted by Crippen LogP contribution is 2.33. The van der Waals surface area contributed by atoms with Crippen LogP contribution in [0.5, 0.6) is 0 Å². The van der Waals surface area contributed by atoms with Crippen molar-refractivity contribution in [2.75, 3.05) is 26.3 Å². The highest BCUT2D eigenvalue weighted by molar-refractivity contribution is 5.99. The van der Waals surface area contributed by atoms with E-state index in [-0.39, 0.29) is 59.9 Å². The van der Waals surface area contributed by atoms with Crippen LogP contribution in [0.4, 0.5) is 26.7 Å². The molecular formula is C26H26F5N7O4. The summed E-state index contributed by atoms with van der Waals surface area (Å²) in [6.07, 6.45) is -3.90. The molecule has 224 valence electrons. The Morgan fingerprint density at radius 3 is 2.62 bits per heavy atom. The van der Waals surface area contributed by atoms with Gasteiger partial charge in [0.15, 0.2) is 11.5 Å². The van der Waals surface area contributed by atoms with E-state index in [9.17, 15) is 31.5 Å². The SMILES string of the molecule is CC(C)(C)OC(=O)NC1COCCN(C(=O)c2cc3c(cn2)c(-c2cnc4c(F)cc(F)cn24)nn3C(F)C(F)F)C1. The lowest BCUT2D eigenvalue weighted by molar-refractivity contribution is 0.00356. The van der Waals surface area contributed by atoms with E-state index in [0.29, 0.717) is 10.7 Å². The van der Waals surface area contributed by atoms with Crippen LogP contribution in [0.25, 0.3) is 27.9 Å². The maximum absolute atomic E-state index is 14.7. The molecule has 2 amide bonds. The van der Waals surface area contributed by atoms with E-state index in [2.05, 4.69) is 20.4 Å². The van der Waals surface area contributed by atoms with Crippen molar-refractivity contribution in [2.45, 2.75) is 45.1 Å². The Bertz CT molecular complexity index is 1650. The first kappa shape index (κ1) is 29.2. The monoisotopic (exact) mass is 595 g/mol. The van der Waals surface area contributed by atoms with E-state index in [4.69, 9.17) is 9.47 Å². The lowest BCUT2D eigenvalue weighted by Gasteiger charge is -2.26. The summed E-state index contributed by atoms with van der Waals surface area (Å²) in [4.78, 5) is 35.1. The van der Waals surface area contributed by atoms with Crippen molar-refractivity contribution in [3.8, 4) is 11.4 Å². The molecule has 0 bridgehead atoms. The number of alkyl carbamates (subject to hydrolysis) is 1. The summed E-state index contributed by atoms with van der Waals surface area (Å²) >= 11 is 0. The van der Waals surface area contributed by atoms with Crippen molar-refractivity contribution < 1.29 is 41.0 Å². The number of nitrogens with zero attached hydrogens (tertiary/aromatic N) is 6. The Labute approximate surface area is 235 Å². The van der Waals surface area contributed by atoms with Gasteiger partial charge in [0, 0.05) is 36.9 Å². The predicted molar refractivity (Wildman–Crippen MR) is 138 cm³/mol. The summed E-state index contributed by atoms with van der Waals surface area (Å²) < 4.78 is 82.1. The van der Waals surface area contributed by atoms with E-state index in [1.165, 1.54) is 4.90 Å². The number of amides is 2. The molecule has 1 fully saturated rings. The molecule has 5 heterocycles. The second-order valence-electron chi connectivity index (χ2n) is 10.6. The first-order valence-corrected chi connectivity index (χ1v) is 12.8. The third-order valence-corrected chi connectivity index (χ3v) is 6.30. The molecule has 1 saturated heterocycles. The molecule has 2 atom stereocenters. The van der Waals surface area contributed by atoms with Gasteiger partial charge in [-0.1, -0.05) is 0 Å². The number of pyridine rings is 2. The Morgan fingerprint density at radius 2 is 1.90 bits per heavy atom. The molecule has 1 aliphatic rings. The smallest absolute Gasteiger partial charge is 0.408 e. The van der Waals surface area contributed by atoms with Crippen molar-refractivity contribution in [2.24, 2.45) is 0 Å². The van der Waals surface area contributed by atoms with Gasteiger partial charge >= 0.3 is 6.09 Å². The summed E-state index contributed by atoms with van der Waals surface area (Å²) in [5.41, 5.74) is -1.60. The van der Waals surface area contributed by atoms with Crippen LogP contribution in [-0.4, -0.2) is 85.4 Å². The molecular weight excluding hydrogens is 569 g/mol. The van der Waals surface area contributed by atoms with Crippen molar-refractivity contribution >= 4 is 28.6 Å². The number of fused-ring (bicyclic) bond motifs is 2. The number of nitrogens with one attached hydrogen (secondary N) is 1. The van der Waals surface area contributed by atoms with Gasteiger partial charge in [-0.25, -0.2) is 36.4 Å². The van der Waals surface area contributed by atoms with Gasteiger partial charge in [-0.2, -0.15) is 5.10 Å². The zero-order valence-corrected chi connectivity index (χ0v) is 22.7. The number of rotatable bonds is 5. The van der Waals surface area contributed by atoms with E-state index >= 15 is 0 Å². The number of halogens is 5. The molecule has 42 heavy (non-hydrogen) atoms. The van der Waals surface area contributed by atoms with Gasteiger partial charge in [-0.15, -0.1) is 0 Å². The van der Waals surface area contributed by atoms with E-state index < -0.39 is 48.0 Å². The highest BCUT2D eigenvalue weighted by atomic mass is 19.3. The van der Waals surface area contributed by atoms with Gasteiger partial charge < -0.3 is 19.7 Å². The van der Waals surface area contributed by atoms with Crippen LogP contribution in [0.15, 0.2) is 30.7 Å². The summed E-state index contributed by atoms with van der Waals surface area (Å²) in [6, 6.07) is 1.10. The van der Waals surface area contributed by atoms with Gasteiger partial charge in [0.25, 0.3) is 18.6 Å². The molecule has 4 aromatic heterocycles. The van der Waals surface area contributed by atoms with Crippen molar-refractivity contribution in [1.29, 1.82) is 0 Å². The second kappa shape index (κ2) is 11.2. The highest BCUT2D eigenvalue weighted by Gasteiger charge is 2.30. The first-order chi connectivity index (χ1) is 19.8. The van der Waals surface area contributed by atoms with E-state index in [1.54, 1.807) is 20.8 Å². The second-order valence-corrected chi connectivity index (χ2v) is 10.6. The molecule has 1 N–H and O–H groups in total. The zero-order valence-electron chi connectivity index (χ0n) is 22.7. The zero-order chi connectivity index (χ0) is 30.3. The Kier molecular flexibility index (Phi) is 7.74. The Balaban J connectivity index is 1.50. The average Bonchev–Trinajstić information content (AvgIpc) is 3.40. The maximum atomic E-state index is 14.7. The molecule has 2 unspecified atom stereocenters. The Hall–Kier alpha value is -4.34. The minimum atomic E-state index is -3.48. The van der Waals surface area contributed by atoms with Crippen molar-refractivity contribution in [3.05, 3.63) is 48.1 Å². The number of carbonyl (C=O) groups excluding carboxylic acids is 2. The van der Waals surface area contributed by atoms with Gasteiger partial charge in [0.1, 0.15) is 22.8 Å². The van der Waals surface area contributed by atoms with Crippen LogP contribution in [0.2, 0.25) is 0 Å². The van der Waals surface area contributed by atoms with Crippen molar-refractivity contribution in [1.82, 2.24) is 34.4 Å². The largest absolute Gasteiger partial charge is 0.444 e. The van der Waals surface area contributed by atoms with Crippen LogP contribution < -0.4 is 5.32 Å². The third-order valence-electron chi connectivity index (χ3n) is 6.30. The Morgan fingerprint density at radius 1 is 1.14 bits per heavy atom. The fourth-order valence-electron chi connectivity index (χ4n) is 4.54. The van der Waals surface area contributed by atoms with Crippen LogP contribution in [-0.2, 0) is 9.47 Å². The fraction of sp³-hybridized carbons (Fsp3) is 0.423. The van der Waals surface area contributed by atoms with E-state index in [1.807, 2.05) is 0 Å². The van der Waals surface area contributed by atoms with Gasteiger partial charge in [-0.05, 0) is 26.8 Å². The number of alkyl halides is 3. The number of hydrogen-bond donors (Lipinski definition) is 1. The van der Waals surface area contributed by atoms with Crippen LogP contribution in [0.3, 0.4) is 0 Å². The topological polar surface area (TPSA) is 116 Å². The average molecular weight is 596 g/mol. The third kappa shape index (κ3) is 5.84. The number of carbonyl (C=O) groups is 2. The molecule has 5 rings (SSSR count). The fourth-order valence-corrected chi connectivity index (χ4v) is 4.54. The van der Waals surface area contributed by atoms with E-state index in [0.717, 1.165) is 29.1 Å². The lowest BCUT2D eigenvalue weighted by atomic mass is 10.2. The van der Waals surface area contributed by atoms with Gasteiger partial charge in [0.05, 0.1) is 36.7 Å². The molecule has 4 aromatic rings. The lowest BCUT2D eigenvalue weighted by Crippen LogP contribution is -2.47.